The molecule has 0 atom stereocenters. The molecule has 0 bridgehead atoms. The van der Waals surface area contributed by atoms with Crippen molar-refractivity contribution >= 4 is 5.78 Å². The summed E-state index contributed by atoms with van der Waals surface area (Å²) in [6, 6.07) is 20.4. The molecule has 0 spiro atoms. The summed E-state index contributed by atoms with van der Waals surface area (Å²) < 4.78 is 5.50. The molecule has 0 fully saturated rings. The zero-order valence-electron chi connectivity index (χ0n) is 18.7. The normalized spacial score (nSPS) is 10.8. The molecule has 0 saturated heterocycles. The summed E-state index contributed by atoms with van der Waals surface area (Å²) >= 11 is 0. The number of hydrogen-bond acceptors (Lipinski definition) is 2. The van der Waals surface area contributed by atoms with Crippen molar-refractivity contribution in [3.8, 4) is 5.75 Å². The van der Waals surface area contributed by atoms with E-state index in [4.69, 9.17) is 4.74 Å². The van der Waals surface area contributed by atoms with Crippen molar-refractivity contribution in [2.24, 2.45) is 0 Å². The van der Waals surface area contributed by atoms with Crippen molar-refractivity contribution in [3.05, 3.63) is 66.2 Å². The fourth-order valence-electron chi connectivity index (χ4n) is 3.82. The van der Waals surface area contributed by atoms with Crippen LogP contribution in [0.15, 0.2) is 60.7 Å². The van der Waals surface area contributed by atoms with Gasteiger partial charge in [-0.3, -0.25) is 4.79 Å². The van der Waals surface area contributed by atoms with Gasteiger partial charge in [-0.25, -0.2) is 0 Å². The monoisotopic (exact) mass is 408 g/mol. The van der Waals surface area contributed by atoms with E-state index in [2.05, 4.69) is 30.3 Å². The number of unbranched alkanes of at least 4 members (excludes halogenated alkanes) is 11. The number of carbonyl (C=O) groups excluding carboxylic acids is 1. The second-order valence-corrected chi connectivity index (χ2v) is 8.37. The van der Waals surface area contributed by atoms with Gasteiger partial charge in [0.15, 0.2) is 5.78 Å². The van der Waals surface area contributed by atoms with Gasteiger partial charge in [-0.15, -0.1) is 0 Å². The molecule has 2 nitrogen and oxygen atoms in total. The molecule has 2 rings (SSSR count). The lowest BCUT2D eigenvalue weighted by Crippen LogP contribution is -2.10. The van der Waals surface area contributed by atoms with Crippen LogP contribution in [0.3, 0.4) is 0 Å². The van der Waals surface area contributed by atoms with Crippen LogP contribution in [-0.4, -0.2) is 12.4 Å². The molecule has 0 N–H and O–H groups in total. The molecule has 0 aliphatic carbocycles. The molecule has 0 amide bonds. The average molecular weight is 409 g/mol. The molecule has 0 saturated carbocycles. The van der Waals surface area contributed by atoms with E-state index in [1.807, 2.05) is 30.3 Å². The van der Waals surface area contributed by atoms with Crippen LogP contribution >= 0.6 is 0 Å². The van der Waals surface area contributed by atoms with E-state index in [-0.39, 0.29) is 12.4 Å². The Bertz CT molecular complexity index is 651. The van der Waals surface area contributed by atoms with Gasteiger partial charge in [0.25, 0.3) is 0 Å². The van der Waals surface area contributed by atoms with Crippen LogP contribution in [0.25, 0.3) is 0 Å². The van der Waals surface area contributed by atoms with Crippen LogP contribution in [0, 0.1) is 0 Å². The number of benzene rings is 2. The molecule has 0 unspecified atom stereocenters. The molecule has 2 heteroatoms. The van der Waals surface area contributed by atoms with E-state index in [0.29, 0.717) is 6.42 Å². The van der Waals surface area contributed by atoms with Crippen molar-refractivity contribution in [2.45, 2.75) is 89.9 Å². The molecule has 164 valence electrons. The Kier molecular flexibility index (Phi) is 13.4. The Labute approximate surface area is 184 Å². The first kappa shape index (κ1) is 24.2. The van der Waals surface area contributed by atoms with Crippen molar-refractivity contribution in [3.63, 3.8) is 0 Å². The molecular weight excluding hydrogens is 368 g/mol. The molecule has 2 aromatic rings. The molecule has 0 aliphatic heterocycles. The average Bonchev–Trinajstić information content (AvgIpc) is 2.79. The van der Waals surface area contributed by atoms with Gasteiger partial charge in [0.1, 0.15) is 12.4 Å². The Hall–Kier alpha value is -2.09. The highest BCUT2D eigenvalue weighted by atomic mass is 16.5. The molecule has 0 heterocycles. The number of carbonyl (C=O) groups is 1. The fraction of sp³-hybridized carbons (Fsp3) is 0.536. The third-order valence-electron chi connectivity index (χ3n) is 5.66. The molecule has 0 aliphatic rings. The van der Waals surface area contributed by atoms with Crippen LogP contribution in [0.2, 0.25) is 0 Å². The van der Waals surface area contributed by atoms with Gasteiger partial charge in [-0.2, -0.15) is 0 Å². The van der Waals surface area contributed by atoms with Crippen LogP contribution in [0.1, 0.15) is 89.0 Å². The summed E-state index contributed by atoms with van der Waals surface area (Å²) in [5.41, 5.74) is 1.47. The van der Waals surface area contributed by atoms with Gasteiger partial charge in [0, 0.05) is 6.42 Å². The molecular formula is C28H40O2. The Morgan fingerprint density at radius 3 is 1.60 bits per heavy atom. The molecule has 2 aromatic carbocycles. The first-order valence-corrected chi connectivity index (χ1v) is 12.1. The summed E-state index contributed by atoms with van der Waals surface area (Å²) in [4.78, 5) is 11.9. The zero-order chi connectivity index (χ0) is 21.1. The smallest absolute Gasteiger partial charge is 0.170 e. The van der Waals surface area contributed by atoms with Gasteiger partial charge >= 0.3 is 0 Å². The van der Waals surface area contributed by atoms with Crippen LogP contribution in [0.4, 0.5) is 0 Å². The lowest BCUT2D eigenvalue weighted by Gasteiger charge is -2.05. The van der Waals surface area contributed by atoms with E-state index in [0.717, 1.165) is 12.2 Å². The minimum atomic E-state index is 0.205. The van der Waals surface area contributed by atoms with Gasteiger partial charge in [0.2, 0.25) is 0 Å². The molecule has 0 radical (unpaired) electrons. The number of aryl methyl sites for hydroxylation is 1. The Morgan fingerprint density at radius 1 is 0.567 bits per heavy atom. The summed E-state index contributed by atoms with van der Waals surface area (Å²) in [5.74, 6) is 0.987. The van der Waals surface area contributed by atoms with Crippen LogP contribution in [-0.2, 0) is 11.2 Å². The second kappa shape index (κ2) is 16.7. The van der Waals surface area contributed by atoms with E-state index in [9.17, 15) is 4.79 Å². The van der Waals surface area contributed by atoms with E-state index in [1.54, 1.807) is 0 Å². The zero-order valence-corrected chi connectivity index (χ0v) is 18.7. The lowest BCUT2D eigenvalue weighted by atomic mass is 10.0. The number of para-hydroxylation sites is 1. The fourth-order valence-corrected chi connectivity index (χ4v) is 3.82. The standard InChI is InChI=1S/C28H40O2/c29-27(25-30-28-23-17-12-18-24-28)22-16-10-8-6-4-2-1-3-5-7-9-13-19-26-20-14-11-15-21-26/h11-12,14-15,17-18,20-21,23-24H,1-10,13,16,19,22,25H2. The highest BCUT2D eigenvalue weighted by Crippen LogP contribution is 2.14. The Balaban J connectivity index is 1.28. The quantitative estimate of drug-likeness (QED) is 0.234. The third kappa shape index (κ3) is 12.5. The third-order valence-corrected chi connectivity index (χ3v) is 5.66. The van der Waals surface area contributed by atoms with Crippen molar-refractivity contribution < 1.29 is 9.53 Å². The largest absolute Gasteiger partial charge is 0.486 e. The second-order valence-electron chi connectivity index (χ2n) is 8.37. The highest BCUT2D eigenvalue weighted by molar-refractivity contribution is 5.79. The summed E-state index contributed by atoms with van der Waals surface area (Å²) in [6.07, 6.45) is 17.6. The lowest BCUT2D eigenvalue weighted by molar-refractivity contribution is -0.121. The van der Waals surface area contributed by atoms with Gasteiger partial charge in [-0.1, -0.05) is 113 Å². The summed E-state index contributed by atoms with van der Waals surface area (Å²) in [5, 5.41) is 0. The van der Waals surface area contributed by atoms with Crippen molar-refractivity contribution in [2.75, 3.05) is 6.61 Å². The molecule has 30 heavy (non-hydrogen) atoms. The number of ketones is 1. The SMILES string of the molecule is O=C(CCCCCCCCCCCCCCc1ccccc1)COc1ccccc1. The summed E-state index contributed by atoms with van der Waals surface area (Å²) in [7, 11) is 0. The minimum absolute atomic E-state index is 0.205. The van der Waals surface area contributed by atoms with Crippen LogP contribution < -0.4 is 4.74 Å². The first-order chi connectivity index (χ1) is 14.8. The minimum Gasteiger partial charge on any atom is -0.486 e. The van der Waals surface area contributed by atoms with Gasteiger partial charge in [-0.05, 0) is 37.0 Å². The van der Waals surface area contributed by atoms with Crippen molar-refractivity contribution in [1.82, 2.24) is 0 Å². The first-order valence-electron chi connectivity index (χ1n) is 12.1. The number of ether oxygens (including phenoxy) is 1. The number of hydrogen-bond donors (Lipinski definition) is 0. The maximum atomic E-state index is 11.9. The maximum absolute atomic E-state index is 11.9. The van der Waals surface area contributed by atoms with Gasteiger partial charge in [0.05, 0.1) is 0 Å². The number of rotatable bonds is 18. The van der Waals surface area contributed by atoms with E-state index < -0.39 is 0 Å². The van der Waals surface area contributed by atoms with E-state index >= 15 is 0 Å². The summed E-state index contributed by atoms with van der Waals surface area (Å²) in [6.45, 7) is 0.205. The van der Waals surface area contributed by atoms with E-state index in [1.165, 1.54) is 82.6 Å². The predicted molar refractivity (Wildman–Crippen MR) is 127 cm³/mol. The topological polar surface area (TPSA) is 26.3 Å². The highest BCUT2D eigenvalue weighted by Gasteiger charge is 2.03. The Morgan fingerprint density at radius 2 is 1.03 bits per heavy atom. The van der Waals surface area contributed by atoms with Crippen LogP contribution in [0.5, 0.6) is 5.75 Å². The van der Waals surface area contributed by atoms with Gasteiger partial charge < -0.3 is 4.74 Å². The molecule has 0 aromatic heterocycles. The predicted octanol–water partition coefficient (Wildman–Crippen LogP) is 7.95. The van der Waals surface area contributed by atoms with Crippen molar-refractivity contribution in [1.29, 1.82) is 0 Å². The maximum Gasteiger partial charge on any atom is 0.170 e. The number of Topliss-reactive ketones (excluding diaryl/α,β-unsaturated/α-hetero) is 1.